The van der Waals surface area contributed by atoms with E-state index >= 15 is 0 Å². The van der Waals surface area contributed by atoms with E-state index in [2.05, 4.69) is 11.8 Å². The van der Waals surface area contributed by atoms with Gasteiger partial charge in [-0.1, -0.05) is 30.0 Å². The molecule has 0 aliphatic carbocycles. The number of carbonyl (C=O) groups excluding carboxylic acids is 1. The molecule has 1 N–H and O–H groups in total. The largest absolute Gasteiger partial charge is 0.395 e. The van der Waals surface area contributed by atoms with Crippen LogP contribution in [0.4, 0.5) is 5.69 Å². The first-order valence-corrected chi connectivity index (χ1v) is 7.64. The van der Waals surface area contributed by atoms with E-state index in [1.807, 2.05) is 49.4 Å². The number of carbonyl (C=O) groups is 1. The second-order valence-corrected chi connectivity index (χ2v) is 5.41. The average Bonchev–Trinajstić information content (AvgIpc) is 2.98. The number of amides is 1. The maximum atomic E-state index is 12.6. The first-order valence-electron chi connectivity index (χ1n) is 6.82. The fourth-order valence-electron chi connectivity index (χ4n) is 1.91. The molecule has 108 valence electrons. The van der Waals surface area contributed by atoms with Gasteiger partial charge in [0.25, 0.3) is 5.91 Å². The van der Waals surface area contributed by atoms with Gasteiger partial charge in [0.05, 0.1) is 16.4 Å². The van der Waals surface area contributed by atoms with E-state index in [4.69, 9.17) is 5.11 Å². The van der Waals surface area contributed by atoms with Crippen LogP contribution >= 0.6 is 11.3 Å². The number of benzene rings is 1. The van der Waals surface area contributed by atoms with Gasteiger partial charge in [0.1, 0.15) is 0 Å². The van der Waals surface area contributed by atoms with Crippen LogP contribution < -0.4 is 4.90 Å². The summed E-state index contributed by atoms with van der Waals surface area (Å²) >= 11 is 1.38. The van der Waals surface area contributed by atoms with Crippen LogP contribution in [0.25, 0.3) is 0 Å². The monoisotopic (exact) mass is 299 g/mol. The van der Waals surface area contributed by atoms with Crippen LogP contribution in [-0.4, -0.2) is 24.2 Å². The zero-order valence-corrected chi connectivity index (χ0v) is 12.7. The number of hydrogen-bond donors (Lipinski definition) is 1. The maximum Gasteiger partial charge on any atom is 0.268 e. The summed E-state index contributed by atoms with van der Waals surface area (Å²) in [5, 5.41) is 8.71. The molecule has 21 heavy (non-hydrogen) atoms. The van der Waals surface area contributed by atoms with Crippen molar-refractivity contribution in [3.63, 3.8) is 0 Å². The Bertz CT molecular complexity index is 652. The minimum Gasteiger partial charge on any atom is -0.395 e. The Balaban J connectivity index is 2.18. The Kier molecular flexibility index (Phi) is 5.56. The summed E-state index contributed by atoms with van der Waals surface area (Å²) in [5.41, 5.74) is 0.895. The lowest BCUT2D eigenvalue weighted by molar-refractivity contribution is 0.0992. The van der Waals surface area contributed by atoms with Gasteiger partial charge in [-0.05, 0) is 31.2 Å². The van der Waals surface area contributed by atoms with Gasteiger partial charge in [0, 0.05) is 18.7 Å². The fraction of sp³-hybridized carbons (Fsp3) is 0.235. The summed E-state index contributed by atoms with van der Waals surface area (Å²) in [6, 6.07) is 13.3. The molecule has 0 aliphatic heterocycles. The highest BCUT2D eigenvalue weighted by Crippen LogP contribution is 2.21. The number of aliphatic hydroxyl groups excluding tert-OH is 1. The van der Waals surface area contributed by atoms with E-state index in [1.54, 1.807) is 4.90 Å². The van der Waals surface area contributed by atoms with Crippen molar-refractivity contribution in [1.82, 2.24) is 0 Å². The smallest absolute Gasteiger partial charge is 0.268 e. The number of hydrogen-bond acceptors (Lipinski definition) is 3. The van der Waals surface area contributed by atoms with Gasteiger partial charge in [0.2, 0.25) is 0 Å². The molecular weight excluding hydrogens is 282 g/mol. The molecule has 4 heteroatoms. The molecule has 0 radical (unpaired) electrons. The molecule has 0 atom stereocenters. The van der Waals surface area contributed by atoms with Crippen LogP contribution in [-0.2, 0) is 0 Å². The molecule has 0 saturated carbocycles. The van der Waals surface area contributed by atoms with E-state index < -0.39 is 0 Å². The van der Waals surface area contributed by atoms with E-state index in [0.29, 0.717) is 17.8 Å². The van der Waals surface area contributed by atoms with Crippen molar-refractivity contribution < 1.29 is 9.90 Å². The minimum atomic E-state index is -0.0103. The summed E-state index contributed by atoms with van der Waals surface area (Å²) in [5.74, 6) is 5.81. The number of thiophene rings is 1. The lowest BCUT2D eigenvalue weighted by atomic mass is 10.2. The van der Waals surface area contributed by atoms with Crippen LogP contribution in [0.15, 0.2) is 42.5 Å². The predicted molar refractivity (Wildman–Crippen MR) is 86.7 cm³/mol. The molecule has 1 heterocycles. The van der Waals surface area contributed by atoms with Crippen molar-refractivity contribution in [3.05, 3.63) is 52.2 Å². The van der Waals surface area contributed by atoms with Gasteiger partial charge in [-0.3, -0.25) is 4.79 Å². The fourth-order valence-corrected chi connectivity index (χ4v) is 2.74. The quantitative estimate of drug-likeness (QED) is 0.881. The third-order valence-corrected chi connectivity index (χ3v) is 3.88. The van der Waals surface area contributed by atoms with Crippen molar-refractivity contribution in [3.8, 4) is 11.8 Å². The van der Waals surface area contributed by atoms with Crippen LogP contribution in [0.2, 0.25) is 0 Å². The maximum absolute atomic E-state index is 12.6. The summed E-state index contributed by atoms with van der Waals surface area (Å²) in [4.78, 5) is 15.8. The highest BCUT2D eigenvalue weighted by molar-refractivity contribution is 7.14. The molecule has 3 nitrogen and oxygen atoms in total. The van der Waals surface area contributed by atoms with Crippen LogP contribution in [0.5, 0.6) is 0 Å². The molecule has 2 aromatic rings. The molecule has 0 bridgehead atoms. The second-order valence-electron chi connectivity index (χ2n) is 4.32. The van der Waals surface area contributed by atoms with E-state index in [0.717, 1.165) is 10.6 Å². The number of aliphatic hydroxyl groups is 1. The van der Waals surface area contributed by atoms with Gasteiger partial charge in [0.15, 0.2) is 0 Å². The molecule has 0 aliphatic rings. The van der Waals surface area contributed by atoms with Crippen molar-refractivity contribution in [2.24, 2.45) is 0 Å². The first kappa shape index (κ1) is 15.3. The molecule has 0 unspecified atom stereocenters. The molecular formula is C17H17NO2S. The first-order chi connectivity index (χ1) is 10.3. The van der Waals surface area contributed by atoms with Crippen LogP contribution in [0.1, 0.15) is 27.9 Å². The molecule has 2 rings (SSSR count). The Hall–Kier alpha value is -2.09. The lowest BCUT2D eigenvalue weighted by Gasteiger charge is -2.20. The highest BCUT2D eigenvalue weighted by atomic mass is 32.1. The zero-order valence-electron chi connectivity index (χ0n) is 11.9. The molecule has 0 saturated heterocycles. The summed E-state index contributed by atoms with van der Waals surface area (Å²) < 4.78 is 0. The lowest BCUT2D eigenvalue weighted by Crippen LogP contribution is -2.29. The van der Waals surface area contributed by atoms with Crippen molar-refractivity contribution in [1.29, 1.82) is 0 Å². The molecule has 0 spiro atoms. The van der Waals surface area contributed by atoms with E-state index in [-0.39, 0.29) is 12.5 Å². The van der Waals surface area contributed by atoms with Gasteiger partial charge < -0.3 is 10.0 Å². The number of anilines is 1. The molecule has 1 aromatic carbocycles. The van der Waals surface area contributed by atoms with Gasteiger partial charge >= 0.3 is 0 Å². The van der Waals surface area contributed by atoms with Crippen molar-refractivity contribution in [2.75, 3.05) is 18.1 Å². The van der Waals surface area contributed by atoms with Crippen molar-refractivity contribution in [2.45, 2.75) is 13.3 Å². The highest BCUT2D eigenvalue weighted by Gasteiger charge is 2.17. The van der Waals surface area contributed by atoms with Crippen LogP contribution in [0, 0.1) is 11.8 Å². The SMILES string of the molecule is CCN(C(=O)c1ccc(C#CCCO)s1)c1ccccc1. The van der Waals surface area contributed by atoms with Gasteiger partial charge in [-0.25, -0.2) is 0 Å². The number of rotatable bonds is 4. The normalized spacial score (nSPS) is 9.81. The van der Waals surface area contributed by atoms with E-state index in [9.17, 15) is 4.79 Å². The Labute approximate surface area is 128 Å². The molecule has 1 amide bonds. The summed E-state index contributed by atoms with van der Waals surface area (Å²) in [6.45, 7) is 2.63. The topological polar surface area (TPSA) is 40.5 Å². The Morgan fingerprint density at radius 3 is 2.67 bits per heavy atom. The number of para-hydroxylation sites is 1. The Morgan fingerprint density at radius 2 is 2.00 bits per heavy atom. The predicted octanol–water partition coefficient (Wildman–Crippen LogP) is 3.15. The Morgan fingerprint density at radius 1 is 1.24 bits per heavy atom. The second kappa shape index (κ2) is 7.63. The zero-order chi connectivity index (χ0) is 15.1. The van der Waals surface area contributed by atoms with Gasteiger partial charge in [-0.2, -0.15) is 0 Å². The number of nitrogens with zero attached hydrogens (tertiary/aromatic N) is 1. The summed E-state index contributed by atoms with van der Waals surface area (Å²) in [7, 11) is 0. The average molecular weight is 299 g/mol. The standard InChI is InChI=1S/C17H17NO2S/c1-2-18(14-8-4-3-5-9-14)17(20)16-12-11-15(21-16)10-6-7-13-19/h3-5,8-9,11-12,19H,2,7,13H2,1H3. The minimum absolute atomic E-state index is 0.0103. The van der Waals surface area contributed by atoms with E-state index in [1.165, 1.54) is 11.3 Å². The molecule has 1 aromatic heterocycles. The van der Waals surface area contributed by atoms with Gasteiger partial charge in [-0.15, -0.1) is 11.3 Å². The van der Waals surface area contributed by atoms with Crippen LogP contribution in [0.3, 0.4) is 0 Å². The third-order valence-electron chi connectivity index (χ3n) is 2.89. The summed E-state index contributed by atoms with van der Waals surface area (Å²) in [6.07, 6.45) is 0.451. The molecule has 0 fully saturated rings. The third kappa shape index (κ3) is 3.94. The van der Waals surface area contributed by atoms with Crippen molar-refractivity contribution >= 4 is 22.9 Å².